The highest BCUT2D eigenvalue weighted by Crippen LogP contribution is 2.34. The van der Waals surface area contributed by atoms with Crippen molar-refractivity contribution in [3.05, 3.63) is 52.5 Å². The lowest BCUT2D eigenvalue weighted by atomic mass is 9.91. The molecule has 0 spiro atoms. The first-order chi connectivity index (χ1) is 12.1. The predicted octanol–water partition coefficient (Wildman–Crippen LogP) is 3.90. The molecule has 0 radical (unpaired) electrons. The maximum atomic E-state index is 12.5. The third-order valence-electron chi connectivity index (χ3n) is 5.23. The number of aromatic nitrogens is 2. The fraction of sp³-hybridized carbons (Fsp3) is 0.400. The van der Waals surface area contributed by atoms with E-state index in [-0.39, 0.29) is 11.9 Å². The van der Waals surface area contributed by atoms with Crippen molar-refractivity contribution in [2.24, 2.45) is 0 Å². The summed E-state index contributed by atoms with van der Waals surface area (Å²) in [5, 5.41) is 8.45. The van der Waals surface area contributed by atoms with E-state index in [1.807, 2.05) is 19.9 Å². The summed E-state index contributed by atoms with van der Waals surface area (Å²) in [5.41, 5.74) is 5.62. The van der Waals surface area contributed by atoms with Gasteiger partial charge in [0.1, 0.15) is 5.76 Å². The van der Waals surface area contributed by atoms with E-state index >= 15 is 0 Å². The number of fused-ring (bicyclic) bond motifs is 3. The number of carbonyl (C=O) groups is 1. The van der Waals surface area contributed by atoms with Crippen molar-refractivity contribution in [1.82, 2.24) is 15.5 Å². The fourth-order valence-electron chi connectivity index (χ4n) is 3.92. The topological polar surface area (TPSA) is 70.9 Å². The number of aromatic amines is 1. The zero-order valence-electron chi connectivity index (χ0n) is 14.7. The van der Waals surface area contributed by atoms with Crippen LogP contribution in [0.5, 0.6) is 0 Å². The van der Waals surface area contributed by atoms with E-state index in [0.717, 1.165) is 41.8 Å². The molecule has 1 atom stereocenters. The minimum absolute atomic E-state index is 0.0771. The van der Waals surface area contributed by atoms with Crippen molar-refractivity contribution < 1.29 is 9.32 Å². The van der Waals surface area contributed by atoms with Crippen LogP contribution in [-0.4, -0.2) is 16.0 Å². The summed E-state index contributed by atoms with van der Waals surface area (Å²) < 4.78 is 5.17. The van der Waals surface area contributed by atoms with Crippen LogP contribution in [0.15, 0.2) is 28.8 Å². The van der Waals surface area contributed by atoms with Gasteiger partial charge in [-0.1, -0.05) is 23.4 Å². The SMILES string of the molecule is Cc1noc(C)c1CCC(=O)N[C@H]1CCCc2c1[nH]c1ccccc21. The number of hydrogen-bond acceptors (Lipinski definition) is 3. The van der Waals surface area contributed by atoms with E-state index in [2.05, 4.69) is 33.7 Å². The van der Waals surface area contributed by atoms with Gasteiger partial charge in [-0.3, -0.25) is 4.79 Å². The quantitative estimate of drug-likeness (QED) is 0.758. The fourth-order valence-corrected chi connectivity index (χ4v) is 3.92. The van der Waals surface area contributed by atoms with Crippen LogP contribution >= 0.6 is 0 Å². The summed E-state index contributed by atoms with van der Waals surface area (Å²) in [5.74, 6) is 0.886. The number of aryl methyl sites for hydroxylation is 3. The van der Waals surface area contributed by atoms with E-state index in [0.29, 0.717) is 12.8 Å². The maximum absolute atomic E-state index is 12.5. The third-order valence-corrected chi connectivity index (χ3v) is 5.23. The molecule has 1 aliphatic rings. The van der Waals surface area contributed by atoms with Crippen LogP contribution in [0.2, 0.25) is 0 Å². The van der Waals surface area contributed by atoms with Crippen molar-refractivity contribution in [3.8, 4) is 0 Å². The highest BCUT2D eigenvalue weighted by Gasteiger charge is 2.25. The van der Waals surface area contributed by atoms with E-state index in [1.165, 1.54) is 16.6 Å². The summed E-state index contributed by atoms with van der Waals surface area (Å²) in [6, 6.07) is 8.45. The Labute approximate surface area is 146 Å². The van der Waals surface area contributed by atoms with E-state index in [1.54, 1.807) is 0 Å². The van der Waals surface area contributed by atoms with E-state index in [4.69, 9.17) is 4.52 Å². The zero-order chi connectivity index (χ0) is 17.4. The molecule has 2 N–H and O–H groups in total. The minimum Gasteiger partial charge on any atom is -0.361 e. The molecule has 5 nitrogen and oxygen atoms in total. The molecule has 0 bridgehead atoms. The average Bonchev–Trinajstić information content (AvgIpc) is 3.14. The Kier molecular flexibility index (Phi) is 4.07. The Morgan fingerprint density at radius 1 is 1.36 bits per heavy atom. The minimum atomic E-state index is 0.0771. The lowest BCUT2D eigenvalue weighted by Gasteiger charge is -2.24. The van der Waals surface area contributed by atoms with Gasteiger partial charge in [0.15, 0.2) is 0 Å². The van der Waals surface area contributed by atoms with Gasteiger partial charge in [0.25, 0.3) is 0 Å². The van der Waals surface area contributed by atoms with Gasteiger partial charge >= 0.3 is 0 Å². The molecule has 1 amide bonds. The molecule has 5 heteroatoms. The first-order valence-electron chi connectivity index (χ1n) is 8.94. The molecule has 3 aromatic rings. The van der Waals surface area contributed by atoms with Crippen LogP contribution in [-0.2, 0) is 17.6 Å². The molecule has 25 heavy (non-hydrogen) atoms. The normalized spacial score (nSPS) is 16.8. The van der Waals surface area contributed by atoms with Crippen LogP contribution in [0, 0.1) is 13.8 Å². The summed E-state index contributed by atoms with van der Waals surface area (Å²) >= 11 is 0. The van der Waals surface area contributed by atoms with E-state index in [9.17, 15) is 4.79 Å². The number of rotatable bonds is 4. The Balaban J connectivity index is 1.48. The Hall–Kier alpha value is -2.56. The number of nitrogens with one attached hydrogen (secondary N) is 2. The molecule has 130 valence electrons. The zero-order valence-corrected chi connectivity index (χ0v) is 14.7. The summed E-state index contributed by atoms with van der Waals surface area (Å²) in [7, 11) is 0. The van der Waals surface area contributed by atoms with Gasteiger partial charge < -0.3 is 14.8 Å². The number of para-hydroxylation sites is 1. The average molecular weight is 337 g/mol. The van der Waals surface area contributed by atoms with Gasteiger partial charge in [-0.05, 0) is 51.2 Å². The van der Waals surface area contributed by atoms with Gasteiger partial charge in [-0.15, -0.1) is 0 Å². The van der Waals surface area contributed by atoms with Crippen molar-refractivity contribution >= 4 is 16.8 Å². The molecule has 0 saturated carbocycles. The molecular weight excluding hydrogens is 314 g/mol. The Morgan fingerprint density at radius 3 is 3.00 bits per heavy atom. The smallest absolute Gasteiger partial charge is 0.220 e. The molecule has 0 saturated heterocycles. The first-order valence-corrected chi connectivity index (χ1v) is 8.94. The number of amides is 1. The van der Waals surface area contributed by atoms with Gasteiger partial charge in [0, 0.05) is 28.6 Å². The summed E-state index contributed by atoms with van der Waals surface area (Å²) in [6.45, 7) is 3.81. The van der Waals surface area contributed by atoms with Gasteiger partial charge in [-0.25, -0.2) is 0 Å². The van der Waals surface area contributed by atoms with E-state index < -0.39 is 0 Å². The molecule has 0 unspecified atom stereocenters. The largest absolute Gasteiger partial charge is 0.361 e. The summed E-state index contributed by atoms with van der Waals surface area (Å²) in [6.07, 6.45) is 4.28. The number of benzene rings is 1. The van der Waals surface area contributed by atoms with Crippen LogP contribution in [0.3, 0.4) is 0 Å². The van der Waals surface area contributed by atoms with Gasteiger partial charge in [0.05, 0.1) is 11.7 Å². The molecule has 0 fully saturated rings. The second-order valence-corrected chi connectivity index (χ2v) is 6.88. The molecule has 1 aromatic carbocycles. The molecule has 1 aliphatic carbocycles. The van der Waals surface area contributed by atoms with Crippen LogP contribution in [0.4, 0.5) is 0 Å². The van der Waals surface area contributed by atoms with Gasteiger partial charge in [-0.2, -0.15) is 0 Å². The molecular formula is C20H23N3O2. The highest BCUT2D eigenvalue weighted by molar-refractivity contribution is 5.85. The van der Waals surface area contributed by atoms with Crippen molar-refractivity contribution in [3.63, 3.8) is 0 Å². The highest BCUT2D eigenvalue weighted by atomic mass is 16.5. The van der Waals surface area contributed by atoms with Gasteiger partial charge in [0.2, 0.25) is 5.91 Å². The maximum Gasteiger partial charge on any atom is 0.220 e. The predicted molar refractivity (Wildman–Crippen MR) is 96.4 cm³/mol. The molecule has 2 heterocycles. The van der Waals surface area contributed by atoms with Crippen molar-refractivity contribution in [2.45, 2.75) is 52.0 Å². The lowest BCUT2D eigenvalue weighted by Crippen LogP contribution is -2.31. The van der Waals surface area contributed by atoms with Crippen molar-refractivity contribution in [1.29, 1.82) is 0 Å². The standard InChI is InChI=1S/C20H23N3O2/c1-12-14(13(2)25-23-12)10-11-19(24)21-18-9-5-7-16-15-6-3-4-8-17(15)22-20(16)18/h3-4,6,8,18,22H,5,7,9-11H2,1-2H3,(H,21,24)/t18-/m0/s1. The first kappa shape index (κ1) is 15.9. The lowest BCUT2D eigenvalue weighted by molar-refractivity contribution is -0.121. The second kappa shape index (κ2) is 6.39. The number of hydrogen-bond donors (Lipinski definition) is 2. The Morgan fingerprint density at radius 2 is 2.20 bits per heavy atom. The molecule has 2 aromatic heterocycles. The second-order valence-electron chi connectivity index (χ2n) is 6.88. The molecule has 0 aliphatic heterocycles. The summed E-state index contributed by atoms with van der Waals surface area (Å²) in [4.78, 5) is 16.0. The third kappa shape index (κ3) is 2.95. The molecule has 4 rings (SSSR count). The Bertz CT molecular complexity index is 903. The number of carbonyl (C=O) groups excluding carboxylic acids is 1. The number of H-pyrrole nitrogens is 1. The van der Waals surface area contributed by atoms with Crippen LogP contribution in [0.25, 0.3) is 10.9 Å². The number of nitrogens with zero attached hydrogens (tertiary/aromatic N) is 1. The van der Waals surface area contributed by atoms with Crippen molar-refractivity contribution in [2.75, 3.05) is 0 Å². The van der Waals surface area contributed by atoms with Crippen LogP contribution in [0.1, 0.15) is 53.6 Å². The van der Waals surface area contributed by atoms with Crippen LogP contribution < -0.4 is 5.32 Å². The monoisotopic (exact) mass is 337 g/mol.